The molecule has 4 heteroatoms. The van der Waals surface area contributed by atoms with Gasteiger partial charge in [-0.25, -0.2) is 0 Å². The van der Waals surface area contributed by atoms with Gasteiger partial charge in [-0.2, -0.15) is 0 Å². The van der Waals surface area contributed by atoms with Crippen molar-refractivity contribution in [2.45, 2.75) is 6.92 Å². The molecule has 1 aromatic heterocycles. The Labute approximate surface area is 97.7 Å². The highest BCUT2D eigenvalue weighted by molar-refractivity contribution is 7.12. The van der Waals surface area contributed by atoms with Crippen LogP contribution in [0.2, 0.25) is 0 Å². The highest BCUT2D eigenvalue weighted by atomic mass is 32.1. The topological polar surface area (TPSA) is 69.1 Å². The number of Topliss-reactive ketones (excluding diaryl/α,β-unsaturated/α-hetero) is 1. The van der Waals surface area contributed by atoms with Gasteiger partial charge in [0, 0.05) is 0 Å². The molecule has 0 spiro atoms. The summed E-state index contributed by atoms with van der Waals surface area (Å²) in [5, 5.41) is 1.95. The van der Waals surface area contributed by atoms with Crippen molar-refractivity contribution in [1.82, 2.24) is 0 Å². The average Bonchev–Trinajstić information content (AvgIpc) is 2.71. The van der Waals surface area contributed by atoms with Crippen molar-refractivity contribution in [2.75, 3.05) is 11.5 Å². The highest BCUT2D eigenvalue weighted by Crippen LogP contribution is 2.29. The van der Waals surface area contributed by atoms with Crippen LogP contribution in [0.15, 0.2) is 29.6 Å². The molecule has 1 aromatic carbocycles. The first-order valence-electron chi connectivity index (χ1n) is 4.83. The molecular formula is C12H12N2OS. The van der Waals surface area contributed by atoms with Crippen molar-refractivity contribution < 1.29 is 4.79 Å². The molecule has 82 valence electrons. The minimum atomic E-state index is 0.0830. The molecule has 0 amide bonds. The quantitative estimate of drug-likeness (QED) is 0.618. The van der Waals surface area contributed by atoms with E-state index in [0.29, 0.717) is 11.4 Å². The minimum Gasteiger partial charge on any atom is -0.397 e. The summed E-state index contributed by atoms with van der Waals surface area (Å²) in [4.78, 5) is 11.9. The van der Waals surface area contributed by atoms with Gasteiger partial charge in [0.2, 0.25) is 0 Å². The van der Waals surface area contributed by atoms with Crippen molar-refractivity contribution in [1.29, 1.82) is 0 Å². The smallest absolute Gasteiger partial charge is 0.169 e. The molecule has 2 rings (SSSR count). The number of hydrogen-bond donors (Lipinski definition) is 2. The number of benzene rings is 1. The van der Waals surface area contributed by atoms with E-state index in [4.69, 9.17) is 11.5 Å². The third kappa shape index (κ3) is 1.92. The summed E-state index contributed by atoms with van der Waals surface area (Å²) in [6.07, 6.45) is 0. The van der Waals surface area contributed by atoms with Gasteiger partial charge in [-0.05, 0) is 41.6 Å². The maximum Gasteiger partial charge on any atom is 0.169 e. The molecule has 0 saturated carbocycles. The minimum absolute atomic E-state index is 0.0830. The van der Waals surface area contributed by atoms with Crippen LogP contribution in [0.5, 0.6) is 0 Å². The lowest BCUT2D eigenvalue weighted by Gasteiger charge is -2.02. The fourth-order valence-corrected chi connectivity index (χ4v) is 2.25. The first-order chi connectivity index (χ1) is 7.58. The van der Waals surface area contributed by atoms with E-state index in [1.54, 1.807) is 13.0 Å². The molecule has 16 heavy (non-hydrogen) atoms. The van der Waals surface area contributed by atoms with Crippen molar-refractivity contribution in [3.05, 3.63) is 34.5 Å². The monoisotopic (exact) mass is 232 g/mol. The molecular weight excluding hydrogens is 220 g/mol. The third-order valence-corrected chi connectivity index (χ3v) is 3.40. The predicted octanol–water partition coefficient (Wildman–Crippen LogP) is 2.78. The van der Waals surface area contributed by atoms with Crippen LogP contribution in [-0.2, 0) is 0 Å². The second-order valence-corrected chi connectivity index (χ2v) is 4.51. The number of nitrogen functional groups attached to an aromatic ring is 2. The second-order valence-electron chi connectivity index (χ2n) is 3.60. The number of carbonyl (C=O) groups excluding carboxylic acids is 1. The van der Waals surface area contributed by atoms with Crippen LogP contribution in [0.3, 0.4) is 0 Å². The van der Waals surface area contributed by atoms with E-state index in [2.05, 4.69) is 0 Å². The number of hydrogen-bond acceptors (Lipinski definition) is 4. The Morgan fingerprint density at radius 3 is 2.44 bits per heavy atom. The largest absolute Gasteiger partial charge is 0.397 e. The lowest BCUT2D eigenvalue weighted by Crippen LogP contribution is -1.93. The van der Waals surface area contributed by atoms with E-state index in [-0.39, 0.29) is 5.78 Å². The normalized spacial score (nSPS) is 10.3. The van der Waals surface area contributed by atoms with Crippen molar-refractivity contribution in [3.8, 4) is 11.1 Å². The maximum absolute atomic E-state index is 11.2. The summed E-state index contributed by atoms with van der Waals surface area (Å²) in [5.74, 6) is 0.0830. The van der Waals surface area contributed by atoms with Gasteiger partial charge >= 0.3 is 0 Å². The van der Waals surface area contributed by atoms with E-state index < -0.39 is 0 Å². The standard InChI is InChI=1S/C12H12N2OS/c1-7(15)12-5-9(6-16-12)8-2-3-10(13)11(14)4-8/h2-6H,13-14H2,1H3. The molecule has 0 atom stereocenters. The third-order valence-electron chi connectivity index (χ3n) is 2.37. The molecule has 0 aliphatic carbocycles. The van der Waals surface area contributed by atoms with E-state index in [1.807, 2.05) is 23.6 Å². The van der Waals surface area contributed by atoms with Crippen LogP contribution in [0.4, 0.5) is 11.4 Å². The molecule has 0 bridgehead atoms. The van der Waals surface area contributed by atoms with Crippen molar-refractivity contribution in [2.24, 2.45) is 0 Å². The molecule has 4 N–H and O–H groups in total. The molecule has 3 nitrogen and oxygen atoms in total. The van der Waals surface area contributed by atoms with Crippen molar-refractivity contribution in [3.63, 3.8) is 0 Å². The van der Waals surface area contributed by atoms with Crippen LogP contribution in [-0.4, -0.2) is 5.78 Å². The lowest BCUT2D eigenvalue weighted by molar-refractivity contribution is 0.102. The summed E-state index contributed by atoms with van der Waals surface area (Å²) in [5.41, 5.74) is 14.5. The number of anilines is 2. The Morgan fingerprint density at radius 1 is 1.12 bits per heavy atom. The zero-order valence-corrected chi connectivity index (χ0v) is 9.67. The zero-order valence-electron chi connectivity index (χ0n) is 8.86. The van der Waals surface area contributed by atoms with Gasteiger partial charge in [0.05, 0.1) is 16.3 Å². The summed E-state index contributed by atoms with van der Waals surface area (Å²) >= 11 is 1.44. The summed E-state index contributed by atoms with van der Waals surface area (Å²) in [6.45, 7) is 1.56. The fraction of sp³-hybridized carbons (Fsp3) is 0.0833. The van der Waals surface area contributed by atoms with Crippen LogP contribution in [0.25, 0.3) is 11.1 Å². The maximum atomic E-state index is 11.2. The lowest BCUT2D eigenvalue weighted by atomic mass is 10.1. The molecule has 0 aliphatic rings. The first kappa shape index (κ1) is 10.7. The van der Waals surface area contributed by atoms with E-state index >= 15 is 0 Å². The Balaban J connectivity index is 2.42. The number of carbonyl (C=O) groups is 1. The molecule has 2 aromatic rings. The van der Waals surface area contributed by atoms with Crippen LogP contribution in [0.1, 0.15) is 16.6 Å². The number of rotatable bonds is 2. The number of nitrogens with two attached hydrogens (primary N) is 2. The van der Waals surface area contributed by atoms with E-state index in [1.165, 1.54) is 11.3 Å². The van der Waals surface area contributed by atoms with Gasteiger partial charge < -0.3 is 11.5 Å². The van der Waals surface area contributed by atoms with Crippen LogP contribution < -0.4 is 11.5 Å². The SMILES string of the molecule is CC(=O)c1cc(-c2ccc(N)c(N)c2)cs1. The van der Waals surface area contributed by atoms with Crippen LogP contribution >= 0.6 is 11.3 Å². The molecule has 0 aliphatic heterocycles. The van der Waals surface area contributed by atoms with Gasteiger partial charge in [-0.15, -0.1) is 11.3 Å². The molecule has 0 fully saturated rings. The summed E-state index contributed by atoms with van der Waals surface area (Å²) in [7, 11) is 0. The molecule has 0 radical (unpaired) electrons. The molecule has 1 heterocycles. The van der Waals surface area contributed by atoms with Crippen molar-refractivity contribution >= 4 is 28.5 Å². The fourth-order valence-electron chi connectivity index (χ4n) is 1.43. The van der Waals surface area contributed by atoms with Crippen LogP contribution in [0, 0.1) is 0 Å². The Hall–Kier alpha value is -1.81. The Bertz CT molecular complexity index is 546. The number of thiophene rings is 1. The van der Waals surface area contributed by atoms with E-state index in [9.17, 15) is 4.79 Å². The van der Waals surface area contributed by atoms with Gasteiger partial charge in [0.25, 0.3) is 0 Å². The Kier molecular flexibility index (Phi) is 2.66. The molecule has 0 saturated heterocycles. The van der Waals surface area contributed by atoms with Gasteiger partial charge in [-0.1, -0.05) is 6.07 Å². The summed E-state index contributed by atoms with van der Waals surface area (Å²) in [6, 6.07) is 7.37. The molecule has 0 unspecified atom stereocenters. The summed E-state index contributed by atoms with van der Waals surface area (Å²) < 4.78 is 0. The number of ketones is 1. The van der Waals surface area contributed by atoms with Gasteiger partial charge in [-0.3, -0.25) is 4.79 Å². The Morgan fingerprint density at radius 2 is 1.88 bits per heavy atom. The zero-order chi connectivity index (χ0) is 11.7. The van der Waals surface area contributed by atoms with Gasteiger partial charge in [0.1, 0.15) is 0 Å². The average molecular weight is 232 g/mol. The second kappa shape index (κ2) is 3.98. The van der Waals surface area contributed by atoms with Gasteiger partial charge in [0.15, 0.2) is 5.78 Å². The highest BCUT2D eigenvalue weighted by Gasteiger charge is 2.06. The van der Waals surface area contributed by atoms with E-state index in [0.717, 1.165) is 16.0 Å². The predicted molar refractivity (Wildman–Crippen MR) is 68.6 cm³/mol. The first-order valence-corrected chi connectivity index (χ1v) is 5.71.